The molecule has 2 aliphatic carbocycles. The number of rotatable bonds is 20. The number of nitriles is 2. The Hall–Kier alpha value is -1.60. The van der Waals surface area contributed by atoms with Gasteiger partial charge in [-0.2, -0.15) is 10.5 Å². The van der Waals surface area contributed by atoms with Crippen LogP contribution >= 0.6 is 46.2 Å². The first-order valence-corrected chi connectivity index (χ1v) is 22.0. The Bertz CT molecular complexity index is 1730. The molecule has 0 bridgehead atoms. The molecule has 2 aromatic rings. The van der Waals surface area contributed by atoms with E-state index in [1.54, 1.807) is 11.3 Å². The minimum Gasteiger partial charge on any atom is -0.381 e. The van der Waals surface area contributed by atoms with E-state index in [9.17, 15) is 10.5 Å². The Labute approximate surface area is 315 Å². The van der Waals surface area contributed by atoms with Crippen molar-refractivity contribution in [2.75, 3.05) is 52.9 Å². The molecule has 0 aromatic carbocycles. The monoisotopic (exact) mass is 754 g/mol. The van der Waals surface area contributed by atoms with E-state index in [0.717, 1.165) is 114 Å². The summed E-state index contributed by atoms with van der Waals surface area (Å²) in [4.78, 5) is 0. The van der Waals surface area contributed by atoms with Gasteiger partial charge >= 0.3 is 0 Å². The second-order valence-corrected chi connectivity index (χ2v) is 18.3. The highest BCUT2D eigenvalue weighted by molar-refractivity contribution is 8.34. The first-order valence-electron chi connectivity index (χ1n) is 18.6. The van der Waals surface area contributed by atoms with Crippen molar-refractivity contribution in [2.24, 2.45) is 10.8 Å². The summed E-state index contributed by atoms with van der Waals surface area (Å²) in [5.74, 6) is 0. The molecular formula is C40H54N2O4S4. The van der Waals surface area contributed by atoms with Gasteiger partial charge in [-0.15, -0.1) is 22.7 Å². The first kappa shape index (κ1) is 39.6. The quantitative estimate of drug-likeness (QED) is 0.124. The molecule has 0 N–H and O–H groups in total. The fraction of sp³-hybridized carbons (Fsp3) is 0.650. The van der Waals surface area contributed by atoms with Crippen molar-refractivity contribution in [1.29, 1.82) is 10.5 Å². The van der Waals surface area contributed by atoms with Gasteiger partial charge in [0.25, 0.3) is 0 Å². The SMILES string of the molecule is CCCCOCC1(COCCCC)Cc2c(/c(=c3\sc(=C4SC=CS4)c4c3CC(COCCCC)(COCCCC)C4)sc2=C(C#N)C#N)C1. The van der Waals surface area contributed by atoms with E-state index in [1.807, 2.05) is 34.9 Å². The predicted octanol–water partition coefficient (Wildman–Crippen LogP) is 8.75. The van der Waals surface area contributed by atoms with Crippen LogP contribution < -0.4 is 9.06 Å². The number of thiophene rings is 2. The average Bonchev–Trinajstić information content (AvgIpc) is 3.95. The molecule has 0 amide bonds. The molecule has 5 rings (SSSR count). The molecule has 0 spiro atoms. The van der Waals surface area contributed by atoms with Crippen molar-refractivity contribution in [2.45, 2.75) is 105 Å². The second kappa shape index (κ2) is 19.5. The number of hydrogen-bond donors (Lipinski definition) is 0. The molecule has 2 aromatic heterocycles. The third-order valence-electron chi connectivity index (χ3n) is 9.89. The topological polar surface area (TPSA) is 84.5 Å². The summed E-state index contributed by atoms with van der Waals surface area (Å²) >= 11 is 7.19. The number of nitrogens with zero attached hydrogens (tertiary/aromatic N) is 2. The number of thioether (sulfide) groups is 2. The van der Waals surface area contributed by atoms with E-state index in [-0.39, 0.29) is 16.4 Å². The van der Waals surface area contributed by atoms with Gasteiger partial charge in [-0.05, 0) is 84.4 Å². The maximum absolute atomic E-state index is 10.1. The van der Waals surface area contributed by atoms with Crippen LogP contribution in [-0.4, -0.2) is 52.9 Å². The van der Waals surface area contributed by atoms with Crippen molar-refractivity contribution in [1.82, 2.24) is 0 Å². The van der Waals surface area contributed by atoms with Gasteiger partial charge in [0, 0.05) is 46.3 Å². The minimum atomic E-state index is -0.220. The van der Waals surface area contributed by atoms with Gasteiger partial charge in [0.15, 0.2) is 0 Å². The summed E-state index contributed by atoms with van der Waals surface area (Å²) in [5.41, 5.74) is 5.16. The van der Waals surface area contributed by atoms with Crippen molar-refractivity contribution in [3.05, 3.63) is 51.2 Å². The van der Waals surface area contributed by atoms with Gasteiger partial charge in [0.1, 0.15) is 17.7 Å². The zero-order chi connectivity index (χ0) is 35.4. The Morgan fingerprint density at radius 3 is 1.38 bits per heavy atom. The fourth-order valence-corrected chi connectivity index (χ4v) is 12.1. The molecule has 0 fully saturated rings. The second-order valence-electron chi connectivity index (χ2n) is 14.2. The minimum absolute atomic E-state index is 0.116. The molecule has 0 saturated heterocycles. The van der Waals surface area contributed by atoms with E-state index in [1.165, 1.54) is 34.5 Å². The van der Waals surface area contributed by atoms with Crippen molar-refractivity contribution in [3.63, 3.8) is 0 Å². The molecule has 3 heterocycles. The molecule has 0 atom stereocenters. The van der Waals surface area contributed by atoms with Gasteiger partial charge < -0.3 is 18.9 Å². The number of fused-ring (bicyclic) bond motifs is 2. The van der Waals surface area contributed by atoms with Crippen LogP contribution in [0.2, 0.25) is 0 Å². The van der Waals surface area contributed by atoms with Gasteiger partial charge in [-0.1, -0.05) is 76.9 Å². The largest absolute Gasteiger partial charge is 0.381 e. The zero-order valence-electron chi connectivity index (χ0n) is 30.5. The van der Waals surface area contributed by atoms with Crippen LogP contribution in [0.3, 0.4) is 0 Å². The molecule has 3 aliphatic rings. The van der Waals surface area contributed by atoms with Crippen molar-refractivity contribution >= 4 is 56.0 Å². The maximum atomic E-state index is 10.1. The van der Waals surface area contributed by atoms with Crippen LogP contribution in [0.4, 0.5) is 0 Å². The van der Waals surface area contributed by atoms with E-state index < -0.39 is 0 Å². The lowest BCUT2D eigenvalue weighted by Gasteiger charge is -2.29. The lowest BCUT2D eigenvalue weighted by atomic mass is 9.86. The fourth-order valence-electron chi connectivity index (χ4n) is 7.18. The summed E-state index contributed by atoms with van der Waals surface area (Å²) in [7, 11) is 0. The van der Waals surface area contributed by atoms with Crippen LogP contribution in [0.5, 0.6) is 0 Å². The molecular weight excluding hydrogens is 701 g/mol. The van der Waals surface area contributed by atoms with Crippen LogP contribution in [-0.2, 0) is 44.6 Å². The standard InChI is InChI=1S/C40H54N2O4S4/c1-5-9-13-43-25-39(26-44-14-10-6-2)19-30-31(20-39)35(49-34(30)29(23-41)24-42)36-32-21-40(27-45-15-11-7-3,28-46-16-12-8-4)22-33(32)37(50-36)38-47-17-18-48-38/h17-18H,5-16,19-22,25-28H2,1-4H3/b36-35+. The molecule has 0 unspecified atom stereocenters. The predicted molar refractivity (Wildman–Crippen MR) is 211 cm³/mol. The Morgan fingerprint density at radius 2 is 0.960 bits per heavy atom. The molecule has 0 radical (unpaired) electrons. The summed E-state index contributed by atoms with van der Waals surface area (Å²) in [6.07, 6.45) is 12.0. The van der Waals surface area contributed by atoms with Gasteiger partial charge in [-0.3, -0.25) is 0 Å². The Balaban J connectivity index is 1.67. The number of hydrogen-bond acceptors (Lipinski definition) is 10. The highest BCUT2D eigenvalue weighted by Crippen LogP contribution is 2.45. The molecule has 6 nitrogen and oxygen atoms in total. The van der Waals surface area contributed by atoms with Crippen LogP contribution in [0.1, 0.15) is 101 Å². The van der Waals surface area contributed by atoms with Gasteiger partial charge in [-0.25, -0.2) is 0 Å². The lowest BCUT2D eigenvalue weighted by molar-refractivity contribution is -0.0190. The Morgan fingerprint density at radius 1 is 0.580 bits per heavy atom. The summed E-state index contributed by atoms with van der Waals surface area (Å²) in [6.45, 7) is 14.4. The zero-order valence-corrected chi connectivity index (χ0v) is 33.7. The highest BCUT2D eigenvalue weighted by Gasteiger charge is 2.43. The van der Waals surface area contributed by atoms with E-state index in [4.69, 9.17) is 18.9 Å². The average molecular weight is 755 g/mol. The van der Waals surface area contributed by atoms with E-state index in [0.29, 0.717) is 26.4 Å². The molecule has 50 heavy (non-hydrogen) atoms. The highest BCUT2D eigenvalue weighted by atomic mass is 32.2. The van der Waals surface area contributed by atoms with E-state index >= 15 is 0 Å². The maximum Gasteiger partial charge on any atom is 0.147 e. The summed E-state index contributed by atoms with van der Waals surface area (Å²) in [6, 6.07) is 4.49. The normalized spacial score (nSPS) is 17.6. The van der Waals surface area contributed by atoms with Gasteiger partial charge in [0.2, 0.25) is 0 Å². The molecule has 0 saturated carbocycles. The van der Waals surface area contributed by atoms with Crippen LogP contribution in [0.25, 0.3) is 9.81 Å². The van der Waals surface area contributed by atoms with Crippen molar-refractivity contribution in [3.8, 4) is 12.1 Å². The summed E-state index contributed by atoms with van der Waals surface area (Å²) < 4.78 is 31.6. The van der Waals surface area contributed by atoms with Crippen LogP contribution in [0.15, 0.2) is 10.8 Å². The van der Waals surface area contributed by atoms with Gasteiger partial charge in [0.05, 0.1) is 39.7 Å². The Kier molecular flexibility index (Phi) is 15.4. The smallest absolute Gasteiger partial charge is 0.147 e. The van der Waals surface area contributed by atoms with E-state index in [2.05, 4.69) is 50.6 Å². The van der Waals surface area contributed by atoms with Crippen LogP contribution in [0, 0.1) is 42.6 Å². The number of ether oxygens (including phenoxy) is 4. The third kappa shape index (κ3) is 9.30. The molecule has 10 heteroatoms. The first-order chi connectivity index (χ1) is 24.5. The molecule has 272 valence electrons. The third-order valence-corrected chi connectivity index (χ3v) is 15.0. The molecule has 1 aliphatic heterocycles. The van der Waals surface area contributed by atoms with Crippen molar-refractivity contribution < 1.29 is 18.9 Å². The lowest BCUT2D eigenvalue weighted by Crippen LogP contribution is -2.34. The summed E-state index contributed by atoms with van der Waals surface area (Å²) in [5, 5.41) is 24.6. The number of unbranched alkanes of at least 4 members (excludes halogenated alkanes) is 4.